The molecule has 2 aromatic rings. The largest absolute Gasteiger partial charge is 0.478 e. The van der Waals surface area contributed by atoms with Crippen LogP contribution in [0.3, 0.4) is 0 Å². The second kappa shape index (κ2) is 6.10. The molecule has 0 aliphatic heterocycles. The molecule has 0 aliphatic rings. The molecule has 0 fully saturated rings. The number of rotatable bonds is 5. The summed E-state index contributed by atoms with van der Waals surface area (Å²) in [5.41, 5.74) is 1.94. The van der Waals surface area contributed by atoms with Gasteiger partial charge in [-0.3, -0.25) is 0 Å². The Morgan fingerprint density at radius 1 is 0.952 bits per heavy atom. The van der Waals surface area contributed by atoms with Crippen LogP contribution in [0.4, 0.5) is 0 Å². The van der Waals surface area contributed by atoms with E-state index in [2.05, 4.69) is 0 Å². The molecule has 0 spiro atoms. The van der Waals surface area contributed by atoms with Crippen LogP contribution in [-0.2, 0) is 22.0 Å². The molecule has 0 atom stereocenters. The highest BCUT2D eigenvalue weighted by atomic mass is 32.2. The van der Waals surface area contributed by atoms with Gasteiger partial charge in [-0.2, -0.15) is 0 Å². The van der Waals surface area contributed by atoms with Gasteiger partial charge in [0.1, 0.15) is 0 Å². The lowest BCUT2D eigenvalue weighted by Gasteiger charge is -2.06. The third kappa shape index (κ3) is 3.70. The van der Waals surface area contributed by atoms with Crippen molar-refractivity contribution in [2.75, 3.05) is 0 Å². The Bertz CT molecular complexity index is 729. The van der Waals surface area contributed by atoms with Gasteiger partial charge in [0.05, 0.1) is 16.2 Å². The van der Waals surface area contributed by atoms with Crippen molar-refractivity contribution in [1.29, 1.82) is 0 Å². The molecule has 110 valence electrons. The number of aromatic carboxylic acids is 1. The maximum atomic E-state index is 12.3. The van der Waals surface area contributed by atoms with E-state index in [0.29, 0.717) is 0 Å². The molecular weight excluding hydrogens is 288 g/mol. The van der Waals surface area contributed by atoms with Crippen molar-refractivity contribution >= 4 is 15.8 Å². The van der Waals surface area contributed by atoms with Gasteiger partial charge in [-0.1, -0.05) is 31.2 Å². The van der Waals surface area contributed by atoms with Gasteiger partial charge in [0.2, 0.25) is 0 Å². The van der Waals surface area contributed by atoms with Gasteiger partial charge in [0.15, 0.2) is 9.84 Å². The highest BCUT2D eigenvalue weighted by Gasteiger charge is 2.16. The van der Waals surface area contributed by atoms with Gasteiger partial charge in [-0.15, -0.1) is 0 Å². The van der Waals surface area contributed by atoms with Gasteiger partial charge >= 0.3 is 5.97 Å². The van der Waals surface area contributed by atoms with Gasteiger partial charge in [0.25, 0.3) is 0 Å². The van der Waals surface area contributed by atoms with Crippen molar-refractivity contribution in [2.24, 2.45) is 0 Å². The van der Waals surface area contributed by atoms with Gasteiger partial charge < -0.3 is 5.11 Å². The summed E-state index contributed by atoms with van der Waals surface area (Å²) >= 11 is 0. The van der Waals surface area contributed by atoms with E-state index < -0.39 is 15.8 Å². The van der Waals surface area contributed by atoms with Crippen molar-refractivity contribution in [3.63, 3.8) is 0 Å². The minimum Gasteiger partial charge on any atom is -0.478 e. The molecule has 2 aromatic carbocycles. The fourth-order valence-corrected chi connectivity index (χ4v) is 3.33. The molecule has 0 heterocycles. The molecule has 4 nitrogen and oxygen atoms in total. The minimum absolute atomic E-state index is 0.0706. The Morgan fingerprint density at radius 3 is 1.95 bits per heavy atom. The van der Waals surface area contributed by atoms with E-state index in [0.717, 1.165) is 17.5 Å². The Hall–Kier alpha value is -2.14. The average Bonchev–Trinajstić information content (AvgIpc) is 2.48. The monoisotopic (exact) mass is 304 g/mol. The molecule has 0 aromatic heterocycles. The summed E-state index contributed by atoms with van der Waals surface area (Å²) in [7, 11) is -3.47. The lowest BCUT2D eigenvalue weighted by Crippen LogP contribution is -2.06. The predicted octanol–water partition coefficient (Wildman–Crippen LogP) is 2.92. The molecule has 0 aliphatic carbocycles. The van der Waals surface area contributed by atoms with Crippen LogP contribution in [0.2, 0.25) is 0 Å². The van der Waals surface area contributed by atoms with Gasteiger partial charge in [0, 0.05) is 0 Å². The molecule has 0 radical (unpaired) electrons. The lowest BCUT2D eigenvalue weighted by molar-refractivity contribution is 0.0696. The van der Waals surface area contributed by atoms with Crippen LogP contribution >= 0.6 is 0 Å². The number of carboxylic acids is 1. The van der Waals surface area contributed by atoms with Crippen molar-refractivity contribution in [2.45, 2.75) is 24.0 Å². The van der Waals surface area contributed by atoms with Crippen LogP contribution in [-0.4, -0.2) is 19.5 Å². The predicted molar refractivity (Wildman–Crippen MR) is 80.1 cm³/mol. The highest BCUT2D eigenvalue weighted by Crippen LogP contribution is 2.18. The summed E-state index contributed by atoms with van der Waals surface area (Å²) < 4.78 is 24.6. The maximum Gasteiger partial charge on any atom is 0.335 e. The Labute approximate surface area is 124 Å². The normalized spacial score (nSPS) is 11.3. The molecule has 0 saturated carbocycles. The van der Waals surface area contributed by atoms with E-state index in [4.69, 9.17) is 5.11 Å². The first-order chi connectivity index (χ1) is 9.92. The summed E-state index contributed by atoms with van der Waals surface area (Å²) in [5.74, 6) is -1.17. The van der Waals surface area contributed by atoms with E-state index in [1.54, 1.807) is 0 Å². The molecule has 0 amide bonds. The van der Waals surface area contributed by atoms with Crippen LogP contribution in [0.1, 0.15) is 28.4 Å². The average molecular weight is 304 g/mol. The molecular formula is C16H16O4S. The number of sulfone groups is 1. The van der Waals surface area contributed by atoms with Crippen molar-refractivity contribution in [1.82, 2.24) is 0 Å². The summed E-state index contributed by atoms with van der Waals surface area (Å²) in [6.07, 6.45) is 0.906. The molecule has 0 unspecified atom stereocenters. The molecule has 0 saturated heterocycles. The smallest absolute Gasteiger partial charge is 0.335 e. The Balaban J connectivity index is 2.22. The lowest BCUT2D eigenvalue weighted by atomic mass is 10.1. The summed E-state index contributed by atoms with van der Waals surface area (Å²) in [4.78, 5) is 10.9. The maximum absolute atomic E-state index is 12.3. The molecule has 1 N–H and O–H groups in total. The molecule has 0 bridgehead atoms. The topological polar surface area (TPSA) is 71.4 Å². The van der Waals surface area contributed by atoms with E-state index in [9.17, 15) is 13.2 Å². The second-order valence-electron chi connectivity index (χ2n) is 4.76. The minimum atomic E-state index is -3.47. The van der Waals surface area contributed by atoms with Gasteiger partial charge in [-0.05, 0) is 41.8 Å². The highest BCUT2D eigenvalue weighted by molar-refractivity contribution is 7.90. The van der Waals surface area contributed by atoms with Crippen LogP contribution in [0, 0.1) is 0 Å². The number of carboxylic acid groups (broad SMARTS) is 1. The van der Waals surface area contributed by atoms with Crippen molar-refractivity contribution in [3.05, 3.63) is 65.2 Å². The first kappa shape index (κ1) is 15.3. The number of hydrogen-bond donors (Lipinski definition) is 1. The zero-order valence-corrected chi connectivity index (χ0v) is 12.4. The Morgan fingerprint density at radius 2 is 1.48 bits per heavy atom. The zero-order chi connectivity index (χ0) is 15.5. The van der Waals surface area contributed by atoms with Gasteiger partial charge in [-0.25, -0.2) is 13.2 Å². The number of carbonyl (C=O) groups is 1. The Kier molecular flexibility index (Phi) is 4.43. The van der Waals surface area contributed by atoms with Crippen LogP contribution in [0.25, 0.3) is 0 Å². The zero-order valence-electron chi connectivity index (χ0n) is 11.6. The number of hydrogen-bond acceptors (Lipinski definition) is 3. The third-order valence-electron chi connectivity index (χ3n) is 3.25. The quantitative estimate of drug-likeness (QED) is 0.922. The summed E-state index contributed by atoms with van der Waals surface area (Å²) in [6.45, 7) is 2.04. The SMILES string of the molecule is CCc1ccc(CS(=O)(=O)c2ccc(C(=O)O)cc2)cc1. The summed E-state index contributed by atoms with van der Waals surface area (Å²) in [5, 5.41) is 8.81. The van der Waals surface area contributed by atoms with E-state index in [-0.39, 0.29) is 16.2 Å². The van der Waals surface area contributed by atoms with Crippen LogP contribution in [0.5, 0.6) is 0 Å². The molecule has 5 heteroatoms. The van der Waals surface area contributed by atoms with E-state index in [1.807, 2.05) is 31.2 Å². The fourth-order valence-electron chi connectivity index (χ4n) is 1.98. The van der Waals surface area contributed by atoms with Crippen LogP contribution in [0.15, 0.2) is 53.4 Å². The van der Waals surface area contributed by atoms with E-state index in [1.165, 1.54) is 24.3 Å². The number of benzene rings is 2. The first-order valence-electron chi connectivity index (χ1n) is 6.56. The standard InChI is InChI=1S/C16H16O4S/c1-2-12-3-5-13(6-4-12)11-21(19,20)15-9-7-14(8-10-15)16(17)18/h3-10H,2,11H2,1H3,(H,17,18). The fraction of sp³-hybridized carbons (Fsp3) is 0.188. The van der Waals surface area contributed by atoms with E-state index >= 15 is 0 Å². The molecule has 21 heavy (non-hydrogen) atoms. The van der Waals surface area contributed by atoms with Crippen LogP contribution < -0.4 is 0 Å². The molecule has 2 rings (SSSR count). The third-order valence-corrected chi connectivity index (χ3v) is 4.95. The van der Waals surface area contributed by atoms with Crippen molar-refractivity contribution < 1.29 is 18.3 Å². The second-order valence-corrected chi connectivity index (χ2v) is 6.75. The first-order valence-corrected chi connectivity index (χ1v) is 8.21. The van der Waals surface area contributed by atoms with Crippen molar-refractivity contribution in [3.8, 4) is 0 Å². The summed E-state index contributed by atoms with van der Waals surface area (Å²) in [6, 6.07) is 12.7. The number of aryl methyl sites for hydroxylation is 1.